The fourth-order valence-corrected chi connectivity index (χ4v) is 2.38. The molecule has 0 N–H and O–H groups in total. The first-order valence-electron chi connectivity index (χ1n) is 6.40. The van der Waals surface area contributed by atoms with E-state index in [1.165, 1.54) is 0 Å². The Morgan fingerprint density at radius 2 is 1.89 bits per heavy atom. The number of anilines is 1. The highest BCUT2D eigenvalue weighted by Gasteiger charge is 2.17. The fraction of sp³-hybridized carbons (Fsp3) is 0.533. The van der Waals surface area contributed by atoms with Crippen molar-refractivity contribution in [3.05, 3.63) is 28.2 Å². The molecule has 3 heteroatoms. The predicted octanol–water partition coefficient (Wildman–Crippen LogP) is 4.52. The van der Waals surface area contributed by atoms with E-state index >= 15 is 0 Å². The van der Waals surface area contributed by atoms with Crippen LogP contribution in [-0.2, 0) is 0 Å². The van der Waals surface area contributed by atoms with Crippen molar-refractivity contribution in [3.8, 4) is 0 Å². The zero-order chi connectivity index (χ0) is 13.9. The number of Topliss-reactive ketones (excluding diaryl/α,β-unsaturated/α-hetero) is 1. The second-order valence-corrected chi connectivity index (χ2v) is 6.27. The Labute approximate surface area is 119 Å². The van der Waals surface area contributed by atoms with Gasteiger partial charge in [0, 0.05) is 28.3 Å². The Balaban J connectivity index is 3.22. The quantitative estimate of drug-likeness (QED) is 0.745. The maximum atomic E-state index is 11.8. The SMILES string of the molecule is CC(=O)c1cc(Br)ccc1N(CC(C)C)C(C)C. The van der Waals surface area contributed by atoms with E-state index in [1.54, 1.807) is 6.92 Å². The Morgan fingerprint density at radius 1 is 1.28 bits per heavy atom. The van der Waals surface area contributed by atoms with Crippen LogP contribution in [0.15, 0.2) is 22.7 Å². The highest BCUT2D eigenvalue weighted by Crippen LogP contribution is 2.27. The number of hydrogen-bond donors (Lipinski definition) is 0. The Kier molecular flexibility index (Phi) is 5.39. The van der Waals surface area contributed by atoms with Crippen LogP contribution in [0, 0.1) is 5.92 Å². The van der Waals surface area contributed by atoms with E-state index in [9.17, 15) is 4.79 Å². The molecule has 0 atom stereocenters. The summed E-state index contributed by atoms with van der Waals surface area (Å²) >= 11 is 3.43. The summed E-state index contributed by atoms with van der Waals surface area (Å²) in [6.07, 6.45) is 0. The molecule has 1 aromatic carbocycles. The molecule has 0 aliphatic carbocycles. The van der Waals surface area contributed by atoms with Crippen molar-refractivity contribution >= 4 is 27.4 Å². The molecule has 0 saturated heterocycles. The van der Waals surface area contributed by atoms with Crippen LogP contribution in [0.1, 0.15) is 45.0 Å². The number of carbonyl (C=O) groups excluding carboxylic acids is 1. The summed E-state index contributed by atoms with van der Waals surface area (Å²) in [4.78, 5) is 14.1. The molecular formula is C15H22BrNO. The maximum absolute atomic E-state index is 11.8. The molecule has 18 heavy (non-hydrogen) atoms. The number of benzene rings is 1. The summed E-state index contributed by atoms with van der Waals surface area (Å²) in [6.45, 7) is 11.3. The van der Waals surface area contributed by atoms with Crippen molar-refractivity contribution in [1.29, 1.82) is 0 Å². The molecule has 0 aliphatic heterocycles. The van der Waals surface area contributed by atoms with Gasteiger partial charge in [-0.05, 0) is 44.9 Å². The average molecular weight is 312 g/mol. The minimum Gasteiger partial charge on any atom is -0.368 e. The second-order valence-electron chi connectivity index (χ2n) is 5.36. The van der Waals surface area contributed by atoms with Gasteiger partial charge in [0.05, 0.1) is 0 Å². The number of halogens is 1. The summed E-state index contributed by atoms with van der Waals surface area (Å²) in [7, 11) is 0. The number of nitrogens with zero attached hydrogens (tertiary/aromatic N) is 1. The summed E-state index contributed by atoms with van der Waals surface area (Å²) in [5.41, 5.74) is 1.83. The monoisotopic (exact) mass is 311 g/mol. The third-order valence-electron chi connectivity index (χ3n) is 2.83. The minimum atomic E-state index is 0.112. The van der Waals surface area contributed by atoms with Gasteiger partial charge in [0.1, 0.15) is 0 Å². The lowest BCUT2D eigenvalue weighted by Crippen LogP contribution is -2.35. The highest BCUT2D eigenvalue weighted by molar-refractivity contribution is 9.10. The molecule has 0 radical (unpaired) electrons. The largest absolute Gasteiger partial charge is 0.368 e. The molecule has 0 amide bonds. The van der Waals surface area contributed by atoms with Gasteiger partial charge in [-0.15, -0.1) is 0 Å². The predicted molar refractivity (Wildman–Crippen MR) is 81.5 cm³/mol. The Morgan fingerprint density at radius 3 is 2.33 bits per heavy atom. The van der Waals surface area contributed by atoms with Crippen LogP contribution in [0.5, 0.6) is 0 Å². The first-order chi connectivity index (χ1) is 8.32. The lowest BCUT2D eigenvalue weighted by Gasteiger charge is -2.32. The van der Waals surface area contributed by atoms with Crippen LogP contribution >= 0.6 is 15.9 Å². The maximum Gasteiger partial charge on any atom is 0.161 e. The number of ketones is 1. The summed E-state index contributed by atoms with van der Waals surface area (Å²) in [5, 5.41) is 0. The van der Waals surface area contributed by atoms with E-state index in [-0.39, 0.29) is 5.78 Å². The molecular weight excluding hydrogens is 290 g/mol. The molecule has 0 unspecified atom stereocenters. The average Bonchev–Trinajstić information content (AvgIpc) is 2.25. The minimum absolute atomic E-state index is 0.112. The normalized spacial score (nSPS) is 11.1. The van der Waals surface area contributed by atoms with Crippen LogP contribution in [0.2, 0.25) is 0 Å². The molecule has 0 bridgehead atoms. The second kappa shape index (κ2) is 6.37. The number of rotatable bonds is 5. The van der Waals surface area contributed by atoms with Crippen molar-refractivity contribution in [1.82, 2.24) is 0 Å². The third kappa shape index (κ3) is 3.84. The van der Waals surface area contributed by atoms with Crippen LogP contribution in [-0.4, -0.2) is 18.4 Å². The summed E-state index contributed by atoms with van der Waals surface area (Å²) in [5.74, 6) is 0.677. The van der Waals surface area contributed by atoms with Gasteiger partial charge >= 0.3 is 0 Å². The molecule has 0 aromatic heterocycles. The number of hydrogen-bond acceptors (Lipinski definition) is 2. The van der Waals surface area contributed by atoms with E-state index in [4.69, 9.17) is 0 Å². The van der Waals surface area contributed by atoms with Crippen molar-refractivity contribution < 1.29 is 4.79 Å². The molecule has 2 nitrogen and oxygen atoms in total. The lowest BCUT2D eigenvalue weighted by molar-refractivity contribution is 0.101. The Hall–Kier alpha value is -0.830. The molecule has 1 aromatic rings. The van der Waals surface area contributed by atoms with Gasteiger partial charge in [-0.3, -0.25) is 4.79 Å². The Bertz CT molecular complexity index is 427. The fourth-order valence-electron chi connectivity index (χ4n) is 2.02. The van der Waals surface area contributed by atoms with Crippen molar-refractivity contribution in [2.24, 2.45) is 5.92 Å². The van der Waals surface area contributed by atoms with Gasteiger partial charge in [-0.25, -0.2) is 0 Å². The van der Waals surface area contributed by atoms with Crippen LogP contribution in [0.3, 0.4) is 0 Å². The van der Waals surface area contributed by atoms with Crippen molar-refractivity contribution in [2.45, 2.75) is 40.7 Å². The standard InChI is InChI=1S/C15H22BrNO/c1-10(2)9-17(11(3)4)15-7-6-13(16)8-14(15)12(5)18/h6-8,10-11H,9H2,1-5H3. The lowest BCUT2D eigenvalue weighted by atomic mass is 10.1. The molecule has 100 valence electrons. The van der Waals surface area contributed by atoms with Gasteiger partial charge in [0.25, 0.3) is 0 Å². The van der Waals surface area contributed by atoms with Gasteiger partial charge in [0.15, 0.2) is 5.78 Å². The van der Waals surface area contributed by atoms with E-state index in [1.807, 2.05) is 18.2 Å². The van der Waals surface area contributed by atoms with E-state index < -0.39 is 0 Å². The van der Waals surface area contributed by atoms with E-state index in [2.05, 4.69) is 48.5 Å². The van der Waals surface area contributed by atoms with Gasteiger partial charge in [-0.1, -0.05) is 29.8 Å². The smallest absolute Gasteiger partial charge is 0.161 e. The van der Waals surface area contributed by atoms with Gasteiger partial charge in [-0.2, -0.15) is 0 Å². The topological polar surface area (TPSA) is 20.3 Å². The zero-order valence-electron chi connectivity index (χ0n) is 11.8. The molecule has 0 aliphatic rings. The van der Waals surface area contributed by atoms with Crippen LogP contribution in [0.4, 0.5) is 5.69 Å². The molecule has 0 spiro atoms. The van der Waals surface area contributed by atoms with E-state index in [0.29, 0.717) is 12.0 Å². The first kappa shape index (κ1) is 15.2. The molecule has 0 saturated carbocycles. The number of carbonyl (C=O) groups is 1. The van der Waals surface area contributed by atoms with Gasteiger partial charge in [0.2, 0.25) is 0 Å². The van der Waals surface area contributed by atoms with Crippen LogP contribution in [0.25, 0.3) is 0 Å². The van der Waals surface area contributed by atoms with E-state index in [0.717, 1.165) is 22.3 Å². The summed E-state index contributed by atoms with van der Waals surface area (Å²) in [6, 6.07) is 6.32. The molecule has 1 rings (SSSR count). The summed E-state index contributed by atoms with van der Waals surface area (Å²) < 4.78 is 0.949. The molecule has 0 heterocycles. The van der Waals surface area contributed by atoms with Crippen molar-refractivity contribution in [3.63, 3.8) is 0 Å². The highest BCUT2D eigenvalue weighted by atomic mass is 79.9. The zero-order valence-corrected chi connectivity index (χ0v) is 13.4. The third-order valence-corrected chi connectivity index (χ3v) is 3.33. The van der Waals surface area contributed by atoms with Crippen LogP contribution < -0.4 is 4.90 Å². The first-order valence-corrected chi connectivity index (χ1v) is 7.19. The van der Waals surface area contributed by atoms with Crippen molar-refractivity contribution in [2.75, 3.05) is 11.4 Å². The van der Waals surface area contributed by atoms with Gasteiger partial charge < -0.3 is 4.90 Å². The molecule has 0 fully saturated rings.